The molecular weight excluding hydrogens is 325 g/mol. The Kier molecular flexibility index (Phi) is 4.30. The number of rotatable bonds is 2. The zero-order valence-corrected chi connectivity index (χ0v) is 14.0. The number of hydrogen-bond acceptors (Lipinski definition) is 2. The average Bonchev–Trinajstić information content (AvgIpc) is 2.61. The predicted molar refractivity (Wildman–Crippen MR) is 95.1 cm³/mol. The maximum absolute atomic E-state index is 14.3. The van der Waals surface area contributed by atoms with E-state index in [0.29, 0.717) is 16.5 Å². The van der Waals surface area contributed by atoms with E-state index in [-0.39, 0.29) is 5.82 Å². The van der Waals surface area contributed by atoms with Crippen LogP contribution in [0.4, 0.5) is 4.39 Å². The van der Waals surface area contributed by atoms with Gasteiger partial charge in [0.05, 0.1) is 0 Å². The lowest BCUT2D eigenvalue weighted by Gasteiger charge is -2.29. The van der Waals surface area contributed by atoms with E-state index in [1.807, 2.05) is 18.2 Å². The van der Waals surface area contributed by atoms with Crippen molar-refractivity contribution >= 4 is 17.7 Å². The minimum absolute atomic E-state index is 0.333. The number of ether oxygens (including phenoxy) is 1. The van der Waals surface area contributed by atoms with Gasteiger partial charge in [0.2, 0.25) is 0 Å². The van der Waals surface area contributed by atoms with Gasteiger partial charge in [-0.05, 0) is 55.6 Å². The molecule has 124 valence electrons. The topological polar surface area (TPSA) is 21.3 Å². The van der Waals surface area contributed by atoms with Gasteiger partial charge in [0, 0.05) is 16.1 Å². The lowest BCUT2D eigenvalue weighted by atomic mass is 9.87. The van der Waals surface area contributed by atoms with Crippen molar-refractivity contribution in [3.63, 3.8) is 0 Å². The summed E-state index contributed by atoms with van der Waals surface area (Å²) < 4.78 is 20.5. The summed E-state index contributed by atoms with van der Waals surface area (Å²) in [5, 5.41) is 3.79. The Morgan fingerprint density at radius 3 is 2.71 bits per heavy atom. The van der Waals surface area contributed by atoms with Crippen LogP contribution in [-0.2, 0) is 0 Å². The highest BCUT2D eigenvalue weighted by Crippen LogP contribution is 2.41. The second-order valence-electron chi connectivity index (χ2n) is 6.35. The van der Waals surface area contributed by atoms with Gasteiger partial charge < -0.3 is 10.1 Å². The standard InChI is InChI=1S/C20H19ClFNO/c21-15-5-6-17(18(22)12-15)19-7-4-14-2-1-3-16(20(14)24-19)13-8-10-23-11-9-13/h1-7,12-13,19,23H,8-11H2/t19-/m1/s1. The Morgan fingerprint density at radius 2 is 1.92 bits per heavy atom. The third-order valence-electron chi connectivity index (χ3n) is 4.82. The highest BCUT2D eigenvalue weighted by molar-refractivity contribution is 6.30. The molecule has 2 aliphatic rings. The molecule has 1 saturated heterocycles. The van der Waals surface area contributed by atoms with Crippen molar-refractivity contribution < 1.29 is 9.13 Å². The third-order valence-corrected chi connectivity index (χ3v) is 5.05. The van der Waals surface area contributed by atoms with Gasteiger partial charge in [0.15, 0.2) is 0 Å². The minimum Gasteiger partial charge on any atom is -0.481 e. The van der Waals surface area contributed by atoms with Crippen LogP contribution in [-0.4, -0.2) is 13.1 Å². The fraction of sp³-hybridized carbons (Fsp3) is 0.300. The molecule has 4 heteroatoms. The maximum atomic E-state index is 14.3. The van der Waals surface area contributed by atoms with Gasteiger partial charge in [0.1, 0.15) is 17.7 Å². The van der Waals surface area contributed by atoms with Gasteiger partial charge in [-0.15, -0.1) is 0 Å². The first-order valence-electron chi connectivity index (χ1n) is 8.36. The zero-order valence-electron chi connectivity index (χ0n) is 13.3. The van der Waals surface area contributed by atoms with E-state index in [1.54, 1.807) is 12.1 Å². The molecule has 2 aliphatic heterocycles. The predicted octanol–water partition coefficient (Wildman–Crippen LogP) is 5.09. The van der Waals surface area contributed by atoms with Crippen LogP contribution >= 0.6 is 11.6 Å². The van der Waals surface area contributed by atoms with Crippen molar-refractivity contribution in [2.45, 2.75) is 24.9 Å². The lowest BCUT2D eigenvalue weighted by molar-refractivity contribution is 0.240. The smallest absolute Gasteiger partial charge is 0.145 e. The molecule has 24 heavy (non-hydrogen) atoms. The first-order valence-corrected chi connectivity index (χ1v) is 8.73. The molecule has 0 saturated carbocycles. The Hall–Kier alpha value is -1.84. The van der Waals surface area contributed by atoms with Crippen molar-refractivity contribution in [2.75, 3.05) is 13.1 Å². The van der Waals surface area contributed by atoms with Gasteiger partial charge in [0.25, 0.3) is 0 Å². The molecular formula is C20H19ClFNO. The highest BCUT2D eigenvalue weighted by Gasteiger charge is 2.25. The van der Waals surface area contributed by atoms with Crippen molar-refractivity contribution in [1.29, 1.82) is 0 Å². The van der Waals surface area contributed by atoms with Crippen molar-refractivity contribution in [3.05, 3.63) is 70.0 Å². The summed E-state index contributed by atoms with van der Waals surface area (Å²) >= 11 is 5.86. The summed E-state index contributed by atoms with van der Waals surface area (Å²) in [7, 11) is 0. The molecule has 0 amide bonds. The number of halogens is 2. The van der Waals surface area contributed by atoms with E-state index in [4.69, 9.17) is 16.3 Å². The summed E-state index contributed by atoms with van der Waals surface area (Å²) in [6.45, 7) is 2.05. The van der Waals surface area contributed by atoms with E-state index < -0.39 is 6.10 Å². The summed E-state index contributed by atoms with van der Waals surface area (Å²) in [6, 6.07) is 11.0. The largest absolute Gasteiger partial charge is 0.481 e. The number of fused-ring (bicyclic) bond motifs is 1. The number of benzene rings is 2. The number of para-hydroxylation sites is 1. The van der Waals surface area contributed by atoms with Gasteiger partial charge >= 0.3 is 0 Å². The van der Waals surface area contributed by atoms with Crippen LogP contribution in [0.2, 0.25) is 5.02 Å². The van der Waals surface area contributed by atoms with E-state index in [2.05, 4.69) is 17.4 Å². The van der Waals surface area contributed by atoms with Gasteiger partial charge in [-0.25, -0.2) is 4.39 Å². The lowest BCUT2D eigenvalue weighted by Crippen LogP contribution is -2.27. The molecule has 1 N–H and O–H groups in total. The second-order valence-corrected chi connectivity index (χ2v) is 6.79. The summed E-state index contributed by atoms with van der Waals surface area (Å²) in [5.74, 6) is 1.05. The molecule has 0 aliphatic carbocycles. The Bertz CT molecular complexity index is 783. The molecule has 0 bridgehead atoms. The number of piperidine rings is 1. The fourth-order valence-electron chi connectivity index (χ4n) is 3.55. The highest BCUT2D eigenvalue weighted by atomic mass is 35.5. The fourth-order valence-corrected chi connectivity index (χ4v) is 3.71. The van der Waals surface area contributed by atoms with Crippen molar-refractivity contribution in [2.24, 2.45) is 0 Å². The quantitative estimate of drug-likeness (QED) is 0.819. The van der Waals surface area contributed by atoms with Crippen molar-refractivity contribution in [1.82, 2.24) is 5.32 Å². The molecule has 0 unspecified atom stereocenters. The minimum atomic E-state index is -0.419. The molecule has 1 fully saturated rings. The van der Waals surface area contributed by atoms with Crippen LogP contribution in [0.15, 0.2) is 42.5 Å². The van der Waals surface area contributed by atoms with Crippen LogP contribution in [0.25, 0.3) is 6.08 Å². The van der Waals surface area contributed by atoms with Crippen LogP contribution in [0, 0.1) is 5.82 Å². The maximum Gasteiger partial charge on any atom is 0.145 e. The molecule has 0 spiro atoms. The van der Waals surface area contributed by atoms with Crippen LogP contribution in [0.1, 0.15) is 41.6 Å². The second kappa shape index (κ2) is 6.58. The van der Waals surface area contributed by atoms with E-state index >= 15 is 0 Å². The molecule has 2 nitrogen and oxygen atoms in total. The molecule has 2 heterocycles. The van der Waals surface area contributed by atoms with E-state index in [0.717, 1.165) is 37.2 Å². The van der Waals surface area contributed by atoms with Crippen molar-refractivity contribution in [3.8, 4) is 5.75 Å². The number of nitrogens with one attached hydrogen (secondary N) is 1. The Morgan fingerprint density at radius 1 is 1.08 bits per heavy atom. The monoisotopic (exact) mass is 343 g/mol. The Balaban J connectivity index is 1.68. The average molecular weight is 344 g/mol. The summed E-state index contributed by atoms with van der Waals surface area (Å²) in [5.41, 5.74) is 2.82. The Labute approximate surface area is 146 Å². The third kappa shape index (κ3) is 2.94. The van der Waals surface area contributed by atoms with Crippen LogP contribution in [0.3, 0.4) is 0 Å². The van der Waals surface area contributed by atoms with Crippen LogP contribution in [0.5, 0.6) is 5.75 Å². The zero-order chi connectivity index (χ0) is 16.5. The van der Waals surface area contributed by atoms with Gasteiger partial charge in [-0.2, -0.15) is 0 Å². The first kappa shape index (κ1) is 15.7. The van der Waals surface area contributed by atoms with E-state index in [9.17, 15) is 4.39 Å². The molecule has 4 rings (SSSR count). The summed E-state index contributed by atoms with van der Waals surface area (Å²) in [4.78, 5) is 0. The SMILES string of the molecule is Fc1cc(Cl)ccc1[C@H]1C=Cc2cccc(C3CCNCC3)c2O1. The normalized spacial score (nSPS) is 20.5. The van der Waals surface area contributed by atoms with Gasteiger partial charge in [-0.1, -0.05) is 41.9 Å². The van der Waals surface area contributed by atoms with Gasteiger partial charge in [-0.3, -0.25) is 0 Å². The van der Waals surface area contributed by atoms with Crippen LogP contribution < -0.4 is 10.1 Å². The molecule has 0 radical (unpaired) electrons. The molecule has 2 aromatic carbocycles. The number of hydrogen-bond donors (Lipinski definition) is 1. The summed E-state index contributed by atoms with van der Waals surface area (Å²) in [6.07, 6.45) is 5.72. The molecule has 1 atom stereocenters. The molecule has 0 aromatic heterocycles. The molecule has 2 aromatic rings. The van der Waals surface area contributed by atoms with E-state index in [1.165, 1.54) is 11.6 Å². The first-order chi connectivity index (χ1) is 11.7.